The van der Waals surface area contributed by atoms with Crippen molar-refractivity contribution >= 4 is 52.0 Å². The number of benzene rings is 2. The molecule has 2 heterocycles. The first-order valence-corrected chi connectivity index (χ1v) is 14.7. The summed E-state index contributed by atoms with van der Waals surface area (Å²) in [5.41, 5.74) is 1.51. The Balaban J connectivity index is 0.000000791. The van der Waals surface area contributed by atoms with Gasteiger partial charge in [-0.3, -0.25) is 9.78 Å². The average molecular weight is 695 g/mol. The second-order valence-corrected chi connectivity index (χ2v) is 11.6. The normalized spacial score (nSPS) is 15.9. The van der Waals surface area contributed by atoms with Crippen LogP contribution in [0.15, 0.2) is 71.8 Å². The van der Waals surface area contributed by atoms with Crippen LogP contribution in [0.2, 0.25) is 10.0 Å². The van der Waals surface area contributed by atoms with Gasteiger partial charge in [-0.1, -0.05) is 41.4 Å². The van der Waals surface area contributed by atoms with E-state index in [1.807, 2.05) is 18.2 Å². The smallest absolute Gasteiger partial charge is 0.487 e. The molecule has 1 fully saturated rings. The molecule has 244 valence electrons. The van der Waals surface area contributed by atoms with E-state index in [1.54, 1.807) is 46.9 Å². The van der Waals surface area contributed by atoms with E-state index in [2.05, 4.69) is 10.3 Å². The third-order valence-corrected chi connectivity index (χ3v) is 8.03. The van der Waals surface area contributed by atoms with E-state index in [9.17, 15) is 32.1 Å². The number of hydrogen-bond donors (Lipinski definition) is 3. The molecule has 1 saturated heterocycles. The lowest BCUT2D eigenvalue weighted by Gasteiger charge is -2.24. The summed E-state index contributed by atoms with van der Waals surface area (Å²) in [6.07, 6.45) is -2.20. The Hall–Kier alpha value is -3.76. The molecule has 1 aromatic heterocycles. The largest absolute Gasteiger partial charge is 0.490 e. The van der Waals surface area contributed by atoms with Crippen molar-refractivity contribution in [1.29, 1.82) is 0 Å². The van der Waals surface area contributed by atoms with Gasteiger partial charge in [0.2, 0.25) is 5.91 Å². The Morgan fingerprint density at radius 1 is 1.07 bits per heavy atom. The van der Waals surface area contributed by atoms with E-state index in [-0.39, 0.29) is 11.9 Å². The summed E-state index contributed by atoms with van der Waals surface area (Å²) < 4.78 is 52.2. The van der Waals surface area contributed by atoms with Crippen LogP contribution in [0, 0.1) is 0 Å². The fraction of sp³-hybridized carbons (Fsp3) is 0.286. The highest BCUT2D eigenvalue weighted by Gasteiger charge is 2.38. The van der Waals surface area contributed by atoms with Crippen LogP contribution in [0.3, 0.4) is 0 Å². The molecule has 2 aromatic carbocycles. The summed E-state index contributed by atoms with van der Waals surface area (Å²) in [6.45, 7) is 0.737. The first-order valence-electron chi connectivity index (χ1n) is 12.8. The van der Waals surface area contributed by atoms with Crippen molar-refractivity contribution in [2.45, 2.75) is 49.0 Å². The lowest BCUT2D eigenvalue weighted by atomic mass is 10.1. The van der Waals surface area contributed by atoms with Crippen molar-refractivity contribution in [3.8, 4) is 5.75 Å². The molecule has 3 aromatic rings. The quantitative estimate of drug-likeness (QED) is 0.284. The molecule has 0 spiro atoms. The number of nitrogens with zero attached hydrogens (tertiary/aromatic N) is 2. The van der Waals surface area contributed by atoms with Crippen molar-refractivity contribution in [2.24, 2.45) is 0 Å². The van der Waals surface area contributed by atoms with Gasteiger partial charge in [-0.15, -0.1) is 0 Å². The Morgan fingerprint density at radius 2 is 1.69 bits per heavy atom. The lowest BCUT2D eigenvalue weighted by molar-refractivity contribution is -0.192. The predicted octanol–water partition coefficient (Wildman–Crippen LogP) is 4.08. The zero-order valence-electron chi connectivity index (χ0n) is 23.2. The fourth-order valence-electron chi connectivity index (χ4n) is 4.03. The van der Waals surface area contributed by atoms with Crippen LogP contribution in [-0.4, -0.2) is 71.8 Å². The van der Waals surface area contributed by atoms with Gasteiger partial charge in [0.15, 0.2) is 0 Å². The maximum Gasteiger partial charge on any atom is 0.490 e. The first-order chi connectivity index (χ1) is 20.7. The molecule has 0 aliphatic carbocycles. The van der Waals surface area contributed by atoms with Crippen molar-refractivity contribution in [2.75, 3.05) is 6.54 Å². The molecule has 3 atom stereocenters. The summed E-state index contributed by atoms with van der Waals surface area (Å²) >= 11 is 12.1. The number of carboxylic acid groups (broad SMARTS) is 2. The Bertz CT molecular complexity index is 1460. The number of carbonyl (C=O) groups is 3. The summed E-state index contributed by atoms with van der Waals surface area (Å²) in [4.78, 5) is 38.5. The fourth-order valence-corrected chi connectivity index (χ4v) is 6.14. The molecule has 17 heteroatoms. The molecular formula is C28H28Cl2F3N3O8S. The van der Waals surface area contributed by atoms with Gasteiger partial charge < -0.3 is 25.7 Å². The van der Waals surface area contributed by atoms with E-state index in [4.69, 9.17) is 37.8 Å². The van der Waals surface area contributed by atoms with E-state index in [1.165, 1.54) is 6.07 Å². The van der Waals surface area contributed by atoms with Crippen molar-refractivity contribution in [1.82, 2.24) is 14.6 Å². The van der Waals surface area contributed by atoms with E-state index in [0.717, 1.165) is 11.3 Å². The summed E-state index contributed by atoms with van der Waals surface area (Å²) in [6, 6.07) is 15.3. The number of hydrogen-bond acceptors (Lipinski definition) is 6. The third kappa shape index (κ3) is 11.6. The molecule has 0 bridgehead atoms. The topological polar surface area (TPSA) is 178 Å². The summed E-state index contributed by atoms with van der Waals surface area (Å²) in [7, 11) is -1.67. The van der Waals surface area contributed by atoms with Gasteiger partial charge in [-0.05, 0) is 60.9 Å². The second kappa shape index (κ2) is 17.1. The van der Waals surface area contributed by atoms with Crippen LogP contribution in [-0.2, 0) is 38.4 Å². The molecule has 0 saturated carbocycles. The SMILES string of the molecule is O.O=C(O)C(F)(F)F.O=C(O)[C@H](Cc1ccc(OCc2ccccn2)cc1)NC(=O)[C@@H]1CCCN1S(=O)c1cc(Cl)cc(Cl)c1. The maximum absolute atomic E-state index is 13.2. The number of rotatable bonds is 10. The predicted molar refractivity (Wildman–Crippen MR) is 158 cm³/mol. The minimum Gasteiger partial charge on any atom is -0.487 e. The van der Waals surface area contributed by atoms with Gasteiger partial charge in [0, 0.05) is 29.2 Å². The van der Waals surface area contributed by atoms with Gasteiger partial charge >= 0.3 is 18.1 Å². The minimum absolute atomic E-state index is 0. The number of aliphatic carboxylic acids is 2. The highest BCUT2D eigenvalue weighted by molar-refractivity contribution is 7.82. The molecule has 0 radical (unpaired) electrons. The van der Waals surface area contributed by atoms with Gasteiger partial charge in [0.25, 0.3) is 0 Å². The Kier molecular flexibility index (Phi) is 14.2. The lowest BCUT2D eigenvalue weighted by Crippen LogP contribution is -2.50. The van der Waals surface area contributed by atoms with Gasteiger partial charge in [-0.2, -0.15) is 13.2 Å². The van der Waals surface area contributed by atoms with E-state index < -0.39 is 47.1 Å². The average Bonchev–Trinajstić information content (AvgIpc) is 3.46. The summed E-state index contributed by atoms with van der Waals surface area (Å²) in [5.74, 6) is -3.78. The number of aromatic nitrogens is 1. The van der Waals surface area contributed by atoms with Gasteiger partial charge in [0.05, 0.1) is 10.6 Å². The number of nitrogens with one attached hydrogen (secondary N) is 1. The van der Waals surface area contributed by atoms with Crippen molar-refractivity contribution in [3.05, 3.63) is 88.2 Å². The highest BCUT2D eigenvalue weighted by Crippen LogP contribution is 2.27. The number of carboxylic acids is 2. The molecule has 1 unspecified atom stereocenters. The zero-order chi connectivity index (χ0) is 32.4. The van der Waals surface area contributed by atoms with Crippen molar-refractivity contribution in [3.63, 3.8) is 0 Å². The molecular weight excluding hydrogens is 666 g/mol. The summed E-state index contributed by atoms with van der Waals surface area (Å²) in [5, 5.41) is 20.2. The van der Waals surface area contributed by atoms with Crippen LogP contribution in [0.5, 0.6) is 5.75 Å². The first kappa shape index (κ1) is 37.4. The molecule has 45 heavy (non-hydrogen) atoms. The second-order valence-electron chi connectivity index (χ2n) is 9.31. The standard InChI is InChI=1S/C26H25Cl2N3O5S.C2HF3O2.H2O/c27-18-13-19(28)15-22(14-18)37(35)31-11-3-5-24(31)25(32)30-23(26(33)34)12-17-6-8-21(9-7-17)36-16-20-4-1-2-10-29-20;3-2(4,5)1(6)7;/h1-2,4,6-10,13-15,23-24H,3,5,11-12,16H2,(H,30,32)(H,33,34);(H,6,7);1H2/t23-,24-,37?;;/m0../s1. The highest BCUT2D eigenvalue weighted by atomic mass is 35.5. The number of alkyl halides is 3. The van der Waals surface area contributed by atoms with Crippen LogP contribution >= 0.6 is 23.2 Å². The Morgan fingerprint density at radius 3 is 2.22 bits per heavy atom. The molecule has 1 amide bonds. The minimum atomic E-state index is -5.08. The number of ether oxygens (including phenoxy) is 1. The number of amides is 1. The Labute approximate surface area is 267 Å². The molecule has 5 N–H and O–H groups in total. The van der Waals surface area contributed by atoms with E-state index in [0.29, 0.717) is 46.7 Å². The van der Waals surface area contributed by atoms with Gasteiger partial charge in [-0.25, -0.2) is 18.1 Å². The molecule has 4 rings (SSSR count). The maximum atomic E-state index is 13.2. The molecule has 11 nitrogen and oxygen atoms in total. The monoisotopic (exact) mass is 693 g/mol. The van der Waals surface area contributed by atoms with E-state index >= 15 is 0 Å². The molecule has 1 aliphatic heterocycles. The third-order valence-electron chi connectivity index (χ3n) is 6.09. The number of pyridine rings is 1. The molecule has 1 aliphatic rings. The number of carbonyl (C=O) groups excluding carboxylic acids is 1. The van der Waals surface area contributed by atoms with Crippen LogP contribution in [0.4, 0.5) is 13.2 Å². The number of halogens is 5. The van der Waals surface area contributed by atoms with Crippen LogP contribution in [0.25, 0.3) is 0 Å². The van der Waals surface area contributed by atoms with Crippen molar-refractivity contribution < 1.29 is 52.2 Å². The van der Waals surface area contributed by atoms with Crippen LogP contribution < -0.4 is 10.1 Å². The van der Waals surface area contributed by atoms with Gasteiger partial charge in [0.1, 0.15) is 35.4 Å². The van der Waals surface area contributed by atoms with Crippen LogP contribution in [0.1, 0.15) is 24.1 Å². The zero-order valence-corrected chi connectivity index (χ0v) is 25.5.